The van der Waals surface area contributed by atoms with E-state index in [1.54, 1.807) is 6.07 Å². The molecule has 0 bridgehead atoms. The summed E-state index contributed by atoms with van der Waals surface area (Å²) in [7, 11) is 4.06. The minimum absolute atomic E-state index is 0.103. The van der Waals surface area contributed by atoms with Crippen LogP contribution in [0.1, 0.15) is 68.3 Å². The average Bonchev–Trinajstić information content (AvgIpc) is 3.21. The molecule has 1 fully saturated rings. The van der Waals surface area contributed by atoms with Crippen LogP contribution in [0.15, 0.2) is 36.4 Å². The molecule has 0 radical (unpaired) electrons. The predicted octanol–water partition coefficient (Wildman–Crippen LogP) is 6.17. The normalized spacial score (nSPS) is 19.9. The number of rotatable bonds is 13. The maximum absolute atomic E-state index is 15.0. The maximum atomic E-state index is 15.0. The second kappa shape index (κ2) is 13.3. The minimum atomic E-state index is -0.507. The molecule has 4 rings (SSSR count). The van der Waals surface area contributed by atoms with Crippen molar-refractivity contribution in [2.24, 2.45) is 11.8 Å². The molecule has 0 aromatic heterocycles. The second-order valence-electron chi connectivity index (χ2n) is 11.0. The molecule has 1 atom stereocenters. The van der Waals surface area contributed by atoms with E-state index in [0.717, 1.165) is 62.1 Å². The number of carbonyl (C=O) groups excluding carboxylic acids is 1. The summed E-state index contributed by atoms with van der Waals surface area (Å²) in [6.07, 6.45) is 6.14. The number of nitrogens with zero attached hydrogens (tertiary/aromatic N) is 2. The largest absolute Gasteiger partial charge is 0.492 e. The van der Waals surface area contributed by atoms with Crippen LogP contribution in [0, 0.1) is 17.7 Å². The number of benzene rings is 2. The third-order valence-electron chi connectivity index (χ3n) is 7.78. The lowest BCUT2D eigenvalue weighted by Crippen LogP contribution is -2.34. The Morgan fingerprint density at radius 2 is 1.82 bits per heavy atom. The lowest BCUT2D eigenvalue weighted by molar-refractivity contribution is 0.0681. The van der Waals surface area contributed by atoms with Crippen molar-refractivity contribution in [1.82, 2.24) is 9.80 Å². The quantitative estimate of drug-likeness (QED) is 0.292. The van der Waals surface area contributed by atoms with Crippen LogP contribution in [0.5, 0.6) is 17.2 Å². The van der Waals surface area contributed by atoms with Gasteiger partial charge in [-0.3, -0.25) is 4.79 Å². The first-order valence-electron chi connectivity index (χ1n) is 14.1. The van der Waals surface area contributed by atoms with E-state index in [1.807, 2.05) is 49.3 Å². The van der Waals surface area contributed by atoms with Crippen molar-refractivity contribution >= 4 is 5.91 Å². The molecule has 0 saturated heterocycles. The van der Waals surface area contributed by atoms with Crippen LogP contribution in [-0.2, 0) is 6.54 Å². The second-order valence-corrected chi connectivity index (χ2v) is 11.0. The van der Waals surface area contributed by atoms with Crippen LogP contribution >= 0.6 is 0 Å². The number of ether oxygens (including phenoxy) is 3. The highest BCUT2D eigenvalue weighted by Gasteiger charge is 2.35. The van der Waals surface area contributed by atoms with Crippen molar-refractivity contribution in [1.29, 1.82) is 0 Å². The molecule has 2 aliphatic rings. The molecule has 2 aromatic carbocycles. The topological polar surface area (TPSA) is 51.2 Å². The fourth-order valence-electron chi connectivity index (χ4n) is 5.43. The van der Waals surface area contributed by atoms with Gasteiger partial charge in [0, 0.05) is 25.7 Å². The Labute approximate surface area is 227 Å². The molecule has 1 amide bonds. The van der Waals surface area contributed by atoms with Crippen molar-refractivity contribution in [3.8, 4) is 17.2 Å². The van der Waals surface area contributed by atoms with Crippen molar-refractivity contribution in [2.45, 2.75) is 65.0 Å². The Kier molecular flexibility index (Phi) is 9.89. The van der Waals surface area contributed by atoms with Crippen molar-refractivity contribution in [3.63, 3.8) is 0 Å². The van der Waals surface area contributed by atoms with Crippen LogP contribution in [0.4, 0.5) is 4.39 Å². The molecule has 0 spiro atoms. The zero-order chi connectivity index (χ0) is 27.1. The van der Waals surface area contributed by atoms with Gasteiger partial charge in [0.25, 0.3) is 5.91 Å². The summed E-state index contributed by atoms with van der Waals surface area (Å²) >= 11 is 0. The van der Waals surface area contributed by atoms with E-state index in [4.69, 9.17) is 14.2 Å². The smallest absolute Gasteiger partial charge is 0.257 e. The maximum Gasteiger partial charge on any atom is 0.257 e. The summed E-state index contributed by atoms with van der Waals surface area (Å²) in [6, 6.07) is 11.4. The fraction of sp³-hybridized carbons (Fsp3) is 0.581. The molecule has 0 N–H and O–H groups in total. The highest BCUT2D eigenvalue weighted by molar-refractivity contribution is 5.99. The SMILES string of the molecule is CCCCOc1ccc2c(c1F)C(=O)N(C[C@H]1CC[C@H](C(C)Oc3cccc(OCCN(C)C)c3)CC1)C2. The molecule has 7 heteroatoms. The number of hydrogen-bond donors (Lipinski definition) is 0. The number of hydrogen-bond acceptors (Lipinski definition) is 5. The molecule has 1 saturated carbocycles. The molecular weight excluding hydrogens is 483 g/mol. The minimum Gasteiger partial charge on any atom is -0.492 e. The molecule has 38 heavy (non-hydrogen) atoms. The van der Waals surface area contributed by atoms with E-state index < -0.39 is 5.82 Å². The summed E-state index contributed by atoms with van der Waals surface area (Å²) in [4.78, 5) is 17.0. The Hall–Kier alpha value is -2.80. The first-order chi connectivity index (χ1) is 18.4. The first-order valence-corrected chi connectivity index (χ1v) is 14.1. The van der Waals surface area contributed by atoms with Gasteiger partial charge in [-0.25, -0.2) is 4.39 Å². The fourth-order valence-corrected chi connectivity index (χ4v) is 5.43. The van der Waals surface area contributed by atoms with Gasteiger partial charge in [0.1, 0.15) is 18.1 Å². The number of halogens is 1. The molecule has 208 valence electrons. The van der Waals surface area contributed by atoms with Gasteiger partial charge in [0.05, 0.1) is 18.3 Å². The van der Waals surface area contributed by atoms with Gasteiger partial charge in [0.15, 0.2) is 11.6 Å². The summed E-state index contributed by atoms with van der Waals surface area (Å²) in [5.74, 6) is 2.03. The lowest BCUT2D eigenvalue weighted by atomic mass is 9.79. The summed E-state index contributed by atoms with van der Waals surface area (Å²) in [6.45, 7) is 7.33. The molecule has 2 aromatic rings. The van der Waals surface area contributed by atoms with E-state index in [1.165, 1.54) is 0 Å². The van der Waals surface area contributed by atoms with E-state index in [2.05, 4.69) is 18.7 Å². The van der Waals surface area contributed by atoms with Crippen LogP contribution in [-0.4, -0.2) is 62.2 Å². The molecule has 1 aliphatic heterocycles. The molecule has 1 heterocycles. The number of fused-ring (bicyclic) bond motifs is 1. The highest BCUT2D eigenvalue weighted by Crippen LogP contribution is 2.36. The van der Waals surface area contributed by atoms with Crippen molar-refractivity contribution < 1.29 is 23.4 Å². The van der Waals surface area contributed by atoms with Gasteiger partial charge in [-0.05, 0) is 88.7 Å². The van der Waals surface area contributed by atoms with Gasteiger partial charge in [-0.2, -0.15) is 0 Å². The van der Waals surface area contributed by atoms with E-state index >= 15 is 4.39 Å². The number of carbonyl (C=O) groups is 1. The molecule has 1 aliphatic carbocycles. The Balaban J connectivity index is 1.25. The van der Waals surface area contributed by atoms with Crippen molar-refractivity contribution in [3.05, 3.63) is 53.3 Å². The van der Waals surface area contributed by atoms with Crippen molar-refractivity contribution in [2.75, 3.05) is 40.4 Å². The van der Waals surface area contributed by atoms with Crippen LogP contribution in [0.25, 0.3) is 0 Å². The third kappa shape index (κ3) is 7.19. The zero-order valence-corrected chi connectivity index (χ0v) is 23.4. The summed E-state index contributed by atoms with van der Waals surface area (Å²) < 4.78 is 32.8. The Morgan fingerprint density at radius 3 is 2.55 bits per heavy atom. The van der Waals surface area contributed by atoms with Gasteiger partial charge < -0.3 is 24.0 Å². The standard InChI is InChI=1S/C31H43FN2O4/c1-5-6-17-37-28-15-14-25-21-34(31(35)29(25)30(28)32)20-23-10-12-24(13-11-23)22(2)38-27-9-7-8-26(19-27)36-18-16-33(3)4/h7-9,14-15,19,22-24H,5-6,10-13,16-18,20-21H2,1-4H3/t22?,23-,24-. The van der Waals surface area contributed by atoms with Crippen LogP contribution in [0.3, 0.4) is 0 Å². The number of likely N-dealkylation sites (N-methyl/N-ethyl adjacent to an activating group) is 1. The summed E-state index contributed by atoms with van der Waals surface area (Å²) in [5.41, 5.74) is 0.960. The predicted molar refractivity (Wildman–Crippen MR) is 148 cm³/mol. The van der Waals surface area contributed by atoms with Crippen LogP contribution in [0.2, 0.25) is 0 Å². The molecular formula is C31H43FN2O4. The van der Waals surface area contributed by atoms with E-state index in [0.29, 0.717) is 38.1 Å². The highest BCUT2D eigenvalue weighted by atomic mass is 19.1. The number of amides is 1. The molecule has 1 unspecified atom stereocenters. The van der Waals surface area contributed by atoms with E-state index in [9.17, 15) is 4.79 Å². The Bertz CT molecular complexity index is 1070. The monoisotopic (exact) mass is 526 g/mol. The van der Waals surface area contributed by atoms with Gasteiger partial charge in [-0.1, -0.05) is 25.5 Å². The first kappa shape index (κ1) is 28.2. The Morgan fingerprint density at radius 1 is 1.05 bits per heavy atom. The molecule has 6 nitrogen and oxygen atoms in total. The summed E-state index contributed by atoms with van der Waals surface area (Å²) in [5, 5.41) is 0. The lowest BCUT2D eigenvalue weighted by Gasteiger charge is -2.34. The van der Waals surface area contributed by atoms with Gasteiger partial charge >= 0.3 is 0 Å². The van der Waals surface area contributed by atoms with Gasteiger partial charge in [0.2, 0.25) is 0 Å². The van der Waals surface area contributed by atoms with Crippen LogP contribution < -0.4 is 14.2 Å². The number of unbranched alkanes of at least 4 members (excludes halogenated alkanes) is 1. The average molecular weight is 527 g/mol. The van der Waals surface area contributed by atoms with E-state index in [-0.39, 0.29) is 23.3 Å². The third-order valence-corrected chi connectivity index (χ3v) is 7.78. The van der Waals surface area contributed by atoms with Gasteiger partial charge in [-0.15, -0.1) is 0 Å². The zero-order valence-electron chi connectivity index (χ0n) is 23.4.